The molecule has 0 aromatic heterocycles. The summed E-state index contributed by atoms with van der Waals surface area (Å²) in [6.07, 6.45) is 78.7. The second-order valence-electron chi connectivity index (χ2n) is 22.7. The first-order valence-electron chi connectivity index (χ1n) is 33.5. The van der Waals surface area contributed by atoms with Gasteiger partial charge in [0.05, 0.1) is 0 Å². The van der Waals surface area contributed by atoms with Crippen LogP contribution in [0.2, 0.25) is 0 Å². The Balaban J connectivity index is 4.25. The van der Waals surface area contributed by atoms with Crippen LogP contribution in [-0.4, -0.2) is 37.2 Å². The molecule has 6 nitrogen and oxygen atoms in total. The van der Waals surface area contributed by atoms with Crippen LogP contribution in [0.1, 0.15) is 367 Å². The molecule has 0 aromatic carbocycles. The Hall–Kier alpha value is -2.37. The molecule has 0 radical (unpaired) electrons. The fourth-order valence-electron chi connectivity index (χ4n) is 10.0. The summed E-state index contributed by atoms with van der Waals surface area (Å²) in [5.41, 5.74) is 0. The Kier molecular flexibility index (Phi) is 62.1. The van der Waals surface area contributed by atoms with Crippen LogP contribution >= 0.6 is 0 Å². The van der Waals surface area contributed by atoms with Crippen LogP contribution in [0.15, 0.2) is 36.5 Å². The highest BCUT2D eigenvalue weighted by Gasteiger charge is 2.19. The monoisotopic (exact) mass is 1050 g/mol. The Morgan fingerprint density at radius 3 is 0.680 bits per heavy atom. The molecule has 0 amide bonds. The maximum absolute atomic E-state index is 12.9. The van der Waals surface area contributed by atoms with Crippen LogP contribution in [0.5, 0.6) is 0 Å². The highest BCUT2D eigenvalue weighted by Crippen LogP contribution is 2.17. The third kappa shape index (κ3) is 62.4. The normalized spacial score (nSPS) is 12.2. The Morgan fingerprint density at radius 1 is 0.253 bits per heavy atom. The number of carbonyl (C=O) groups excluding carboxylic acids is 3. The van der Waals surface area contributed by atoms with Gasteiger partial charge in [-0.15, -0.1) is 0 Å². The molecular formula is C69H128O6. The highest BCUT2D eigenvalue weighted by atomic mass is 16.6. The van der Waals surface area contributed by atoms with Crippen LogP contribution in [0.25, 0.3) is 0 Å². The second-order valence-corrected chi connectivity index (χ2v) is 22.7. The lowest BCUT2D eigenvalue weighted by Gasteiger charge is -2.18. The fraction of sp³-hybridized carbons (Fsp3) is 0.870. The molecule has 0 saturated heterocycles. The van der Waals surface area contributed by atoms with E-state index in [9.17, 15) is 14.4 Å². The summed E-state index contributed by atoms with van der Waals surface area (Å²) in [4.78, 5) is 38.3. The summed E-state index contributed by atoms with van der Waals surface area (Å²) in [7, 11) is 0. The first-order chi connectivity index (χ1) is 37.0. The van der Waals surface area contributed by atoms with E-state index in [2.05, 4.69) is 57.2 Å². The average Bonchev–Trinajstić information content (AvgIpc) is 3.41. The van der Waals surface area contributed by atoms with Crippen molar-refractivity contribution in [2.45, 2.75) is 374 Å². The van der Waals surface area contributed by atoms with Crippen molar-refractivity contribution in [1.82, 2.24) is 0 Å². The minimum atomic E-state index is -0.776. The van der Waals surface area contributed by atoms with Gasteiger partial charge in [0.25, 0.3) is 0 Å². The second kappa shape index (κ2) is 64.2. The van der Waals surface area contributed by atoms with Crippen molar-refractivity contribution in [3.05, 3.63) is 36.5 Å². The van der Waals surface area contributed by atoms with Crippen LogP contribution in [0.4, 0.5) is 0 Å². The fourth-order valence-corrected chi connectivity index (χ4v) is 10.0. The van der Waals surface area contributed by atoms with Gasteiger partial charge in [-0.05, 0) is 96.3 Å². The lowest BCUT2D eigenvalue weighted by molar-refractivity contribution is -0.167. The van der Waals surface area contributed by atoms with Crippen molar-refractivity contribution < 1.29 is 28.6 Å². The molecular weight excluding hydrogens is 925 g/mol. The number of hydrogen-bond donors (Lipinski definition) is 0. The van der Waals surface area contributed by atoms with Gasteiger partial charge in [0.2, 0.25) is 0 Å². The zero-order valence-corrected chi connectivity index (χ0v) is 50.6. The van der Waals surface area contributed by atoms with E-state index in [0.29, 0.717) is 19.3 Å². The molecule has 0 aliphatic heterocycles. The number of allylic oxidation sites excluding steroid dienone is 6. The molecule has 0 N–H and O–H groups in total. The first-order valence-corrected chi connectivity index (χ1v) is 33.5. The molecule has 75 heavy (non-hydrogen) atoms. The van der Waals surface area contributed by atoms with Gasteiger partial charge >= 0.3 is 17.9 Å². The number of ether oxygens (including phenoxy) is 3. The largest absolute Gasteiger partial charge is 0.462 e. The summed E-state index contributed by atoms with van der Waals surface area (Å²) >= 11 is 0. The SMILES string of the molecule is CCCCCC/C=C\CCCCCCCC(=O)OCC(COC(=O)CCCCCCCCCCCCCCC/C=C\CCCCCCCCCC)OC(=O)CCCCCCCCCCC/C=C\CCCCCCCC. The number of rotatable bonds is 62. The van der Waals surface area contributed by atoms with Gasteiger partial charge in [-0.2, -0.15) is 0 Å². The Morgan fingerprint density at radius 2 is 0.440 bits per heavy atom. The third-order valence-corrected chi connectivity index (χ3v) is 15.1. The van der Waals surface area contributed by atoms with Gasteiger partial charge in [0.1, 0.15) is 13.2 Å². The topological polar surface area (TPSA) is 78.9 Å². The Labute approximate surface area is 467 Å². The lowest BCUT2D eigenvalue weighted by atomic mass is 10.0. The molecule has 0 bridgehead atoms. The van der Waals surface area contributed by atoms with E-state index in [1.165, 1.54) is 263 Å². The Bertz CT molecular complexity index is 1250. The maximum Gasteiger partial charge on any atom is 0.306 e. The summed E-state index contributed by atoms with van der Waals surface area (Å²) < 4.78 is 16.9. The molecule has 1 unspecified atom stereocenters. The molecule has 0 aromatic rings. The third-order valence-electron chi connectivity index (χ3n) is 15.1. The van der Waals surface area contributed by atoms with Gasteiger partial charge in [-0.3, -0.25) is 14.4 Å². The van der Waals surface area contributed by atoms with E-state index in [1.54, 1.807) is 0 Å². The lowest BCUT2D eigenvalue weighted by Crippen LogP contribution is -2.30. The highest BCUT2D eigenvalue weighted by molar-refractivity contribution is 5.71. The van der Waals surface area contributed by atoms with Gasteiger partial charge in [0.15, 0.2) is 6.10 Å². The summed E-state index contributed by atoms with van der Waals surface area (Å²) in [6.45, 7) is 6.67. The molecule has 0 heterocycles. The van der Waals surface area contributed by atoms with Gasteiger partial charge in [-0.25, -0.2) is 0 Å². The van der Waals surface area contributed by atoms with Crippen molar-refractivity contribution >= 4 is 17.9 Å². The molecule has 6 heteroatoms. The number of carbonyl (C=O) groups is 3. The van der Waals surface area contributed by atoms with Crippen LogP contribution < -0.4 is 0 Å². The molecule has 0 rings (SSSR count). The summed E-state index contributed by atoms with van der Waals surface area (Å²) in [6, 6.07) is 0. The number of esters is 3. The first kappa shape index (κ1) is 72.6. The predicted molar refractivity (Wildman–Crippen MR) is 326 cm³/mol. The van der Waals surface area contributed by atoms with Crippen molar-refractivity contribution in [3.8, 4) is 0 Å². The predicted octanol–water partition coefficient (Wildman–Crippen LogP) is 22.8. The van der Waals surface area contributed by atoms with E-state index in [4.69, 9.17) is 14.2 Å². The van der Waals surface area contributed by atoms with Gasteiger partial charge in [0, 0.05) is 19.3 Å². The van der Waals surface area contributed by atoms with Crippen molar-refractivity contribution in [3.63, 3.8) is 0 Å². The minimum absolute atomic E-state index is 0.0721. The zero-order valence-electron chi connectivity index (χ0n) is 50.6. The maximum atomic E-state index is 12.9. The average molecular weight is 1050 g/mol. The zero-order chi connectivity index (χ0) is 54.3. The van der Waals surface area contributed by atoms with Gasteiger partial charge in [-0.1, -0.05) is 288 Å². The smallest absolute Gasteiger partial charge is 0.306 e. The van der Waals surface area contributed by atoms with E-state index >= 15 is 0 Å². The van der Waals surface area contributed by atoms with Crippen LogP contribution in [-0.2, 0) is 28.6 Å². The number of unbranched alkanes of at least 4 members (excludes halogenated alkanes) is 45. The molecule has 1 atom stereocenters. The molecule has 440 valence electrons. The minimum Gasteiger partial charge on any atom is -0.462 e. The molecule has 0 aliphatic rings. The van der Waals surface area contributed by atoms with Crippen molar-refractivity contribution in [2.75, 3.05) is 13.2 Å². The van der Waals surface area contributed by atoms with E-state index in [-0.39, 0.29) is 31.1 Å². The van der Waals surface area contributed by atoms with Crippen LogP contribution in [0, 0.1) is 0 Å². The molecule has 0 fully saturated rings. The van der Waals surface area contributed by atoms with E-state index in [1.807, 2.05) is 0 Å². The summed E-state index contributed by atoms with van der Waals surface area (Å²) in [5, 5.41) is 0. The summed E-state index contributed by atoms with van der Waals surface area (Å²) in [5.74, 6) is -0.860. The van der Waals surface area contributed by atoms with Gasteiger partial charge < -0.3 is 14.2 Å². The van der Waals surface area contributed by atoms with Crippen molar-refractivity contribution in [2.24, 2.45) is 0 Å². The number of hydrogen-bond acceptors (Lipinski definition) is 6. The van der Waals surface area contributed by atoms with E-state index < -0.39 is 6.10 Å². The standard InChI is InChI=1S/C69H128O6/c1-4-7-10-13-16-19-22-25-27-29-31-32-33-34-35-36-38-39-41-44-47-50-53-56-59-62-68(71)74-65-66(64-73-67(70)61-58-55-52-49-46-43-24-21-18-15-12-9-6-3)75-69(72)63-60-57-54-51-48-45-42-40-37-30-28-26-23-20-17-14-11-8-5-2/h21,24,26,28-29,31,66H,4-20,22-23,25,27,30,32-65H2,1-3H3/b24-21-,28-26-,31-29-. The quantitative estimate of drug-likeness (QED) is 0.0261. The molecule has 0 aliphatic carbocycles. The molecule has 0 saturated carbocycles. The molecule has 0 spiro atoms. The van der Waals surface area contributed by atoms with Crippen molar-refractivity contribution in [1.29, 1.82) is 0 Å². The van der Waals surface area contributed by atoms with E-state index in [0.717, 1.165) is 64.2 Å². The van der Waals surface area contributed by atoms with Crippen LogP contribution in [0.3, 0.4) is 0 Å².